The lowest BCUT2D eigenvalue weighted by atomic mass is 10.2. The Bertz CT molecular complexity index is 523. The molecule has 0 saturated heterocycles. The maximum absolute atomic E-state index is 10.7. The Labute approximate surface area is 103 Å². The fourth-order valence-corrected chi connectivity index (χ4v) is 2.40. The van der Waals surface area contributed by atoms with Gasteiger partial charge in [-0.1, -0.05) is 0 Å². The monoisotopic (exact) mass is 277 g/mol. The Hall–Kier alpha value is -1.35. The highest BCUT2D eigenvalue weighted by atomic mass is 79.9. The van der Waals surface area contributed by atoms with Crippen LogP contribution in [0.2, 0.25) is 0 Å². The molecule has 0 atom stereocenters. The minimum absolute atomic E-state index is 0.679. The molecule has 16 heavy (non-hydrogen) atoms. The predicted octanol–water partition coefficient (Wildman–Crippen LogP) is 3.67. The number of rotatable bonds is 2. The lowest BCUT2D eigenvalue weighted by Gasteiger charge is -2.11. The van der Waals surface area contributed by atoms with Crippen molar-refractivity contribution in [3.05, 3.63) is 51.8 Å². The molecule has 0 N–H and O–H groups in total. The number of carbonyl (C=O) groups excluding carboxylic acids is 1. The third-order valence-electron chi connectivity index (χ3n) is 2.62. The summed E-state index contributed by atoms with van der Waals surface area (Å²) < 4.78 is 3.08. The van der Waals surface area contributed by atoms with Crippen LogP contribution in [0.4, 0.5) is 0 Å². The first-order valence-corrected chi connectivity index (χ1v) is 5.83. The van der Waals surface area contributed by atoms with Crippen LogP contribution in [0, 0.1) is 13.8 Å². The number of aryl methyl sites for hydroxylation is 2. The zero-order valence-corrected chi connectivity index (χ0v) is 10.8. The highest BCUT2D eigenvalue weighted by Crippen LogP contribution is 2.25. The third-order valence-corrected chi connectivity index (χ3v) is 3.26. The third kappa shape index (κ3) is 1.83. The molecule has 1 aromatic heterocycles. The van der Waals surface area contributed by atoms with E-state index < -0.39 is 0 Å². The van der Waals surface area contributed by atoms with Crippen molar-refractivity contribution in [2.75, 3.05) is 0 Å². The molecular weight excluding hydrogens is 266 g/mol. The lowest BCUT2D eigenvalue weighted by Crippen LogP contribution is -2.00. The molecule has 1 heterocycles. The van der Waals surface area contributed by atoms with Gasteiger partial charge in [0.25, 0.3) is 0 Å². The second-order valence-electron chi connectivity index (χ2n) is 3.78. The van der Waals surface area contributed by atoms with Crippen molar-refractivity contribution in [2.45, 2.75) is 13.8 Å². The zero-order valence-electron chi connectivity index (χ0n) is 9.20. The average Bonchev–Trinajstić information content (AvgIpc) is 2.59. The van der Waals surface area contributed by atoms with Crippen molar-refractivity contribution >= 4 is 22.2 Å². The smallest absolute Gasteiger partial charge is 0.150 e. The lowest BCUT2D eigenvalue weighted by molar-refractivity contribution is 0.112. The maximum atomic E-state index is 10.7. The number of hydrogen-bond donors (Lipinski definition) is 0. The molecule has 2 nitrogen and oxygen atoms in total. The summed E-state index contributed by atoms with van der Waals surface area (Å²) >= 11 is 3.50. The van der Waals surface area contributed by atoms with Crippen LogP contribution in [0.25, 0.3) is 5.69 Å². The molecular formula is C13H12BrNO. The highest BCUT2D eigenvalue weighted by Gasteiger charge is 2.07. The van der Waals surface area contributed by atoms with E-state index in [9.17, 15) is 4.79 Å². The van der Waals surface area contributed by atoms with Crippen molar-refractivity contribution in [3.63, 3.8) is 0 Å². The van der Waals surface area contributed by atoms with Crippen LogP contribution in [-0.2, 0) is 0 Å². The Morgan fingerprint density at radius 2 is 1.75 bits per heavy atom. The summed E-state index contributed by atoms with van der Waals surface area (Å²) in [6, 6.07) is 9.77. The van der Waals surface area contributed by atoms with Crippen LogP contribution < -0.4 is 0 Å². The zero-order chi connectivity index (χ0) is 11.7. The first kappa shape index (κ1) is 11.1. The number of halogens is 1. The van der Waals surface area contributed by atoms with E-state index in [-0.39, 0.29) is 0 Å². The van der Waals surface area contributed by atoms with Gasteiger partial charge in [0.15, 0.2) is 0 Å². The Morgan fingerprint density at radius 3 is 2.25 bits per heavy atom. The second-order valence-corrected chi connectivity index (χ2v) is 4.63. The average molecular weight is 278 g/mol. The standard InChI is InChI=1S/C13H12BrNO/c1-9-3-4-10(2)15(9)13-6-5-11(8-16)7-12(13)14/h3-8H,1-2H3. The van der Waals surface area contributed by atoms with Gasteiger partial charge in [-0.25, -0.2) is 0 Å². The number of aldehydes is 1. The summed E-state index contributed by atoms with van der Waals surface area (Å²) in [4.78, 5) is 10.7. The molecule has 0 unspecified atom stereocenters. The minimum Gasteiger partial charge on any atom is -0.317 e. The van der Waals surface area contributed by atoms with Crippen LogP contribution in [-0.4, -0.2) is 10.9 Å². The molecule has 0 spiro atoms. The number of hydrogen-bond acceptors (Lipinski definition) is 1. The molecule has 0 aliphatic carbocycles. The number of carbonyl (C=O) groups is 1. The van der Waals surface area contributed by atoms with Gasteiger partial charge in [-0.3, -0.25) is 4.79 Å². The number of nitrogens with zero attached hydrogens (tertiary/aromatic N) is 1. The van der Waals surface area contributed by atoms with Gasteiger partial charge in [-0.15, -0.1) is 0 Å². The fourth-order valence-electron chi connectivity index (χ4n) is 1.83. The highest BCUT2D eigenvalue weighted by molar-refractivity contribution is 9.10. The fraction of sp³-hybridized carbons (Fsp3) is 0.154. The first-order valence-electron chi connectivity index (χ1n) is 5.03. The summed E-state index contributed by atoms with van der Waals surface area (Å²) in [7, 11) is 0. The van der Waals surface area contributed by atoms with Crippen molar-refractivity contribution in [1.82, 2.24) is 4.57 Å². The molecule has 0 bridgehead atoms. The molecule has 0 aliphatic rings. The Morgan fingerprint density at radius 1 is 1.12 bits per heavy atom. The first-order chi connectivity index (χ1) is 7.63. The molecule has 2 aromatic rings. The number of benzene rings is 1. The van der Waals surface area contributed by atoms with Crippen molar-refractivity contribution in [2.24, 2.45) is 0 Å². The van der Waals surface area contributed by atoms with Crippen LogP contribution in [0.3, 0.4) is 0 Å². The van der Waals surface area contributed by atoms with E-state index in [2.05, 4.69) is 46.5 Å². The molecule has 2 rings (SSSR count). The molecule has 82 valence electrons. The van der Waals surface area contributed by atoms with Gasteiger partial charge in [0.05, 0.1) is 5.69 Å². The Kier molecular flexibility index (Phi) is 2.97. The van der Waals surface area contributed by atoms with E-state index in [4.69, 9.17) is 0 Å². The van der Waals surface area contributed by atoms with Crippen molar-refractivity contribution in [1.29, 1.82) is 0 Å². The predicted molar refractivity (Wildman–Crippen MR) is 68.3 cm³/mol. The van der Waals surface area contributed by atoms with Gasteiger partial charge < -0.3 is 4.57 Å². The summed E-state index contributed by atoms with van der Waals surface area (Å²) in [5.41, 5.74) is 4.10. The van der Waals surface area contributed by atoms with Crippen LogP contribution in [0.15, 0.2) is 34.8 Å². The van der Waals surface area contributed by atoms with Crippen molar-refractivity contribution in [3.8, 4) is 5.69 Å². The quantitative estimate of drug-likeness (QED) is 0.768. The summed E-state index contributed by atoms with van der Waals surface area (Å²) in [5.74, 6) is 0. The second kappa shape index (κ2) is 4.26. The summed E-state index contributed by atoms with van der Waals surface area (Å²) in [6.07, 6.45) is 0.851. The van der Waals surface area contributed by atoms with E-state index in [1.807, 2.05) is 18.2 Å². The molecule has 0 amide bonds. The molecule has 0 aliphatic heterocycles. The molecule has 0 radical (unpaired) electrons. The van der Waals surface area contributed by atoms with E-state index >= 15 is 0 Å². The van der Waals surface area contributed by atoms with E-state index in [0.29, 0.717) is 5.56 Å². The van der Waals surface area contributed by atoms with Gasteiger partial charge >= 0.3 is 0 Å². The molecule has 1 aromatic carbocycles. The van der Waals surface area contributed by atoms with Gasteiger partial charge in [-0.05, 0) is 60.1 Å². The van der Waals surface area contributed by atoms with Crippen molar-refractivity contribution < 1.29 is 4.79 Å². The number of aromatic nitrogens is 1. The van der Waals surface area contributed by atoms with Crippen LogP contribution >= 0.6 is 15.9 Å². The largest absolute Gasteiger partial charge is 0.317 e. The summed E-state index contributed by atoms with van der Waals surface area (Å²) in [5, 5.41) is 0. The normalized spacial score (nSPS) is 10.4. The van der Waals surface area contributed by atoms with Crippen LogP contribution in [0.1, 0.15) is 21.7 Å². The van der Waals surface area contributed by atoms with Gasteiger partial charge in [-0.2, -0.15) is 0 Å². The van der Waals surface area contributed by atoms with Gasteiger partial charge in [0.2, 0.25) is 0 Å². The van der Waals surface area contributed by atoms with Gasteiger partial charge in [0.1, 0.15) is 6.29 Å². The topological polar surface area (TPSA) is 22.0 Å². The SMILES string of the molecule is Cc1ccc(C)n1-c1ccc(C=O)cc1Br. The van der Waals surface area contributed by atoms with E-state index in [1.54, 1.807) is 0 Å². The molecule has 0 fully saturated rings. The van der Waals surface area contributed by atoms with E-state index in [0.717, 1.165) is 16.4 Å². The summed E-state index contributed by atoms with van der Waals surface area (Å²) in [6.45, 7) is 4.13. The molecule has 3 heteroatoms. The van der Waals surface area contributed by atoms with E-state index in [1.165, 1.54) is 11.4 Å². The maximum Gasteiger partial charge on any atom is 0.150 e. The Balaban J connectivity index is 2.61. The minimum atomic E-state index is 0.679. The molecule has 0 saturated carbocycles. The van der Waals surface area contributed by atoms with Gasteiger partial charge in [0, 0.05) is 21.4 Å². The van der Waals surface area contributed by atoms with Crippen LogP contribution in [0.5, 0.6) is 0 Å².